The van der Waals surface area contributed by atoms with Crippen LogP contribution in [0.2, 0.25) is 0 Å². The zero-order valence-electron chi connectivity index (χ0n) is 11.5. The lowest BCUT2D eigenvalue weighted by Gasteiger charge is -2.45. The summed E-state index contributed by atoms with van der Waals surface area (Å²) in [6.07, 6.45) is 4.81. The number of hydrogen-bond donors (Lipinski definition) is 2. The molecule has 0 aliphatic heterocycles. The Bertz CT molecular complexity index is 245. The average Bonchev–Trinajstić information content (AvgIpc) is 2.39. The van der Waals surface area contributed by atoms with Gasteiger partial charge in [0.15, 0.2) is 5.79 Å². The largest absolute Gasteiger partial charge is 0.365 e. The molecule has 0 aromatic rings. The van der Waals surface area contributed by atoms with Crippen LogP contribution in [0.25, 0.3) is 0 Å². The first-order valence-electron chi connectivity index (χ1n) is 6.66. The molecule has 96 valence electrons. The van der Waals surface area contributed by atoms with Gasteiger partial charge in [-0.05, 0) is 36.5 Å². The minimum Gasteiger partial charge on any atom is -0.365 e. The molecule has 16 heavy (non-hydrogen) atoms. The lowest BCUT2D eigenvalue weighted by Crippen LogP contribution is -2.46. The zero-order valence-corrected chi connectivity index (χ0v) is 11.5. The summed E-state index contributed by atoms with van der Waals surface area (Å²) in [5.74, 6) is -1.49. The highest BCUT2D eigenvalue weighted by Gasteiger charge is 2.56. The number of hydrogen-bond acceptors (Lipinski definition) is 2. The summed E-state index contributed by atoms with van der Waals surface area (Å²) in [6.45, 7) is 10.8. The van der Waals surface area contributed by atoms with Gasteiger partial charge in [0.2, 0.25) is 0 Å². The van der Waals surface area contributed by atoms with Crippen molar-refractivity contribution >= 4 is 0 Å². The summed E-state index contributed by atoms with van der Waals surface area (Å²) in [4.78, 5) is 0. The molecule has 0 bridgehead atoms. The lowest BCUT2D eigenvalue weighted by molar-refractivity contribution is -0.226. The van der Waals surface area contributed by atoms with Crippen LogP contribution in [0.4, 0.5) is 0 Å². The molecule has 0 aromatic carbocycles. The molecule has 0 radical (unpaired) electrons. The standard InChI is InChI=1S/C14H28O2/c1-6-9-13(5)10-8-11(12(13,3)4)14(15,16)7-2/h11,15-16H,6-10H2,1-5H3. The van der Waals surface area contributed by atoms with E-state index in [9.17, 15) is 10.2 Å². The van der Waals surface area contributed by atoms with Crippen molar-refractivity contribution in [1.82, 2.24) is 0 Å². The molecule has 2 nitrogen and oxygen atoms in total. The Balaban J connectivity index is 2.95. The third kappa shape index (κ3) is 2.02. The maximum absolute atomic E-state index is 10.1. The second kappa shape index (κ2) is 4.30. The van der Waals surface area contributed by atoms with Gasteiger partial charge in [-0.2, -0.15) is 0 Å². The van der Waals surface area contributed by atoms with Gasteiger partial charge in [0.05, 0.1) is 0 Å². The molecule has 2 unspecified atom stereocenters. The van der Waals surface area contributed by atoms with Gasteiger partial charge < -0.3 is 10.2 Å². The van der Waals surface area contributed by atoms with E-state index in [0.717, 1.165) is 12.8 Å². The van der Waals surface area contributed by atoms with E-state index in [1.165, 1.54) is 12.8 Å². The fourth-order valence-electron chi connectivity index (χ4n) is 3.62. The van der Waals surface area contributed by atoms with Crippen LogP contribution in [-0.2, 0) is 0 Å². The number of aliphatic hydroxyl groups is 2. The van der Waals surface area contributed by atoms with E-state index in [0.29, 0.717) is 6.42 Å². The van der Waals surface area contributed by atoms with Gasteiger partial charge >= 0.3 is 0 Å². The number of rotatable bonds is 4. The first kappa shape index (κ1) is 14.0. The third-order valence-electron chi connectivity index (χ3n) is 5.29. The van der Waals surface area contributed by atoms with Crippen LogP contribution in [-0.4, -0.2) is 16.0 Å². The van der Waals surface area contributed by atoms with Crippen LogP contribution in [0, 0.1) is 16.7 Å². The maximum Gasteiger partial charge on any atom is 0.165 e. The van der Waals surface area contributed by atoms with E-state index in [2.05, 4.69) is 27.7 Å². The third-order valence-corrected chi connectivity index (χ3v) is 5.29. The smallest absolute Gasteiger partial charge is 0.165 e. The molecule has 1 aliphatic rings. The minimum absolute atomic E-state index is 0.00144. The Morgan fingerprint density at radius 2 is 1.75 bits per heavy atom. The molecule has 0 heterocycles. The summed E-state index contributed by atoms with van der Waals surface area (Å²) in [7, 11) is 0. The molecule has 0 saturated heterocycles. The topological polar surface area (TPSA) is 40.5 Å². The van der Waals surface area contributed by atoms with Gasteiger partial charge in [-0.3, -0.25) is 0 Å². The zero-order chi connectivity index (χ0) is 12.6. The lowest BCUT2D eigenvalue weighted by atomic mass is 9.62. The van der Waals surface area contributed by atoms with Crippen LogP contribution in [0.1, 0.15) is 66.7 Å². The second-order valence-corrected chi connectivity index (χ2v) is 6.36. The predicted octanol–water partition coefficient (Wildman–Crippen LogP) is 3.32. The Morgan fingerprint density at radius 1 is 1.19 bits per heavy atom. The van der Waals surface area contributed by atoms with Gasteiger partial charge in [-0.1, -0.05) is 41.0 Å². The Hall–Kier alpha value is -0.0800. The van der Waals surface area contributed by atoms with Crippen LogP contribution >= 0.6 is 0 Å². The summed E-state index contributed by atoms with van der Waals surface area (Å²) >= 11 is 0. The fraction of sp³-hybridized carbons (Fsp3) is 1.00. The van der Waals surface area contributed by atoms with Crippen LogP contribution < -0.4 is 0 Å². The van der Waals surface area contributed by atoms with Crippen molar-refractivity contribution in [2.75, 3.05) is 0 Å². The van der Waals surface area contributed by atoms with Crippen LogP contribution in [0.3, 0.4) is 0 Å². The molecule has 2 heteroatoms. The van der Waals surface area contributed by atoms with E-state index in [1.807, 2.05) is 6.92 Å². The highest BCUT2D eigenvalue weighted by atomic mass is 16.5. The van der Waals surface area contributed by atoms with Crippen LogP contribution in [0.15, 0.2) is 0 Å². The van der Waals surface area contributed by atoms with Gasteiger partial charge in [0.25, 0.3) is 0 Å². The van der Waals surface area contributed by atoms with E-state index in [-0.39, 0.29) is 16.7 Å². The SMILES string of the molecule is CCCC1(C)CCC(C(O)(O)CC)C1(C)C. The fourth-order valence-corrected chi connectivity index (χ4v) is 3.62. The van der Waals surface area contributed by atoms with Crippen molar-refractivity contribution in [1.29, 1.82) is 0 Å². The molecule has 1 rings (SSSR count). The Morgan fingerprint density at radius 3 is 2.19 bits per heavy atom. The van der Waals surface area contributed by atoms with Crippen molar-refractivity contribution in [2.24, 2.45) is 16.7 Å². The molecule has 0 aromatic heterocycles. The molecule has 0 spiro atoms. The van der Waals surface area contributed by atoms with Crippen molar-refractivity contribution in [3.8, 4) is 0 Å². The highest BCUT2D eigenvalue weighted by Crippen LogP contribution is 2.60. The van der Waals surface area contributed by atoms with Crippen molar-refractivity contribution in [3.63, 3.8) is 0 Å². The molecule has 1 saturated carbocycles. The Labute approximate surface area is 100 Å². The summed E-state index contributed by atoms with van der Waals surface area (Å²) in [6, 6.07) is 0. The van der Waals surface area contributed by atoms with Crippen LogP contribution in [0.5, 0.6) is 0 Å². The van der Waals surface area contributed by atoms with Gasteiger partial charge in [-0.15, -0.1) is 0 Å². The summed E-state index contributed by atoms with van der Waals surface area (Å²) < 4.78 is 0. The molecular formula is C14H28O2. The first-order valence-corrected chi connectivity index (χ1v) is 6.66. The second-order valence-electron chi connectivity index (χ2n) is 6.36. The highest BCUT2D eigenvalue weighted by molar-refractivity contribution is 5.03. The van der Waals surface area contributed by atoms with E-state index >= 15 is 0 Å². The molecule has 2 N–H and O–H groups in total. The Kier molecular flexibility index (Phi) is 3.76. The normalized spacial score (nSPS) is 34.3. The first-order chi connectivity index (χ1) is 7.21. The van der Waals surface area contributed by atoms with E-state index < -0.39 is 5.79 Å². The summed E-state index contributed by atoms with van der Waals surface area (Å²) in [5, 5.41) is 20.2. The van der Waals surface area contributed by atoms with Crippen molar-refractivity contribution in [2.45, 2.75) is 72.5 Å². The van der Waals surface area contributed by atoms with Gasteiger partial charge in [0, 0.05) is 5.92 Å². The quantitative estimate of drug-likeness (QED) is 0.725. The minimum atomic E-state index is -1.49. The predicted molar refractivity (Wildman–Crippen MR) is 67.0 cm³/mol. The summed E-state index contributed by atoms with van der Waals surface area (Å²) in [5.41, 5.74) is 0.251. The molecule has 1 fully saturated rings. The van der Waals surface area contributed by atoms with Crippen molar-refractivity contribution in [3.05, 3.63) is 0 Å². The monoisotopic (exact) mass is 228 g/mol. The van der Waals surface area contributed by atoms with Gasteiger partial charge in [0.1, 0.15) is 0 Å². The van der Waals surface area contributed by atoms with Gasteiger partial charge in [-0.25, -0.2) is 0 Å². The van der Waals surface area contributed by atoms with E-state index in [4.69, 9.17) is 0 Å². The van der Waals surface area contributed by atoms with E-state index in [1.54, 1.807) is 0 Å². The van der Waals surface area contributed by atoms with Crippen molar-refractivity contribution < 1.29 is 10.2 Å². The average molecular weight is 228 g/mol. The molecular weight excluding hydrogens is 200 g/mol. The maximum atomic E-state index is 10.1. The molecule has 2 atom stereocenters. The molecule has 1 aliphatic carbocycles. The molecule has 0 amide bonds.